The van der Waals surface area contributed by atoms with Crippen molar-refractivity contribution in [2.24, 2.45) is 0 Å². The Morgan fingerprint density at radius 3 is 2.82 bits per heavy atom. The van der Waals surface area contributed by atoms with E-state index in [4.69, 9.17) is 4.74 Å². The molecule has 1 saturated carbocycles. The van der Waals surface area contributed by atoms with E-state index >= 15 is 0 Å². The van der Waals surface area contributed by atoms with E-state index in [0.717, 1.165) is 12.8 Å². The summed E-state index contributed by atoms with van der Waals surface area (Å²) in [5.74, 6) is -1.24. The second-order valence-electron chi connectivity index (χ2n) is 6.02. The van der Waals surface area contributed by atoms with Gasteiger partial charge in [0.15, 0.2) is 0 Å². The Bertz CT molecular complexity index is 882. The van der Waals surface area contributed by atoms with E-state index in [2.05, 4.69) is 0 Å². The number of hydrogen-bond acceptors (Lipinski definition) is 3. The van der Waals surface area contributed by atoms with Crippen LogP contribution in [0.4, 0.5) is 4.39 Å². The van der Waals surface area contributed by atoms with E-state index in [0.29, 0.717) is 23.4 Å². The van der Waals surface area contributed by atoms with Crippen LogP contribution in [0.25, 0.3) is 10.9 Å². The number of halogens is 1. The van der Waals surface area contributed by atoms with Crippen LogP contribution in [0.2, 0.25) is 0 Å². The van der Waals surface area contributed by atoms with Gasteiger partial charge in [0.05, 0.1) is 16.9 Å². The Labute approximate surface area is 124 Å². The summed E-state index contributed by atoms with van der Waals surface area (Å²) in [7, 11) is 0. The van der Waals surface area contributed by atoms with Crippen LogP contribution < -0.4 is 10.2 Å². The molecule has 4 rings (SSSR count). The van der Waals surface area contributed by atoms with Gasteiger partial charge >= 0.3 is 5.97 Å². The first-order valence-electron chi connectivity index (χ1n) is 7.26. The number of rotatable bonds is 2. The molecule has 1 N–H and O–H groups in total. The molecule has 1 aliphatic carbocycles. The standard InChI is InChI=1S/C16H14FNO4/c1-7-6-22-15-12(8-2-3-8)11(17)4-9-13(15)18(7)5-10(14(9)19)16(20)21/h4-5,7-8H,2-3,6H2,1H3,(H,20,21). The molecule has 1 aromatic carbocycles. The van der Waals surface area contributed by atoms with E-state index in [-0.39, 0.29) is 22.9 Å². The summed E-state index contributed by atoms with van der Waals surface area (Å²) >= 11 is 0. The van der Waals surface area contributed by atoms with Gasteiger partial charge in [0, 0.05) is 11.8 Å². The summed E-state index contributed by atoms with van der Waals surface area (Å²) in [4.78, 5) is 23.6. The highest BCUT2D eigenvalue weighted by molar-refractivity contribution is 5.95. The molecule has 0 radical (unpaired) electrons. The van der Waals surface area contributed by atoms with Gasteiger partial charge in [-0.25, -0.2) is 9.18 Å². The average molecular weight is 303 g/mol. The van der Waals surface area contributed by atoms with Crippen LogP contribution in [-0.4, -0.2) is 22.2 Å². The number of ether oxygens (including phenoxy) is 1. The first-order chi connectivity index (χ1) is 10.5. The maximum Gasteiger partial charge on any atom is 0.341 e. The summed E-state index contributed by atoms with van der Waals surface area (Å²) in [6.07, 6.45) is 3.16. The fourth-order valence-corrected chi connectivity index (χ4v) is 3.15. The van der Waals surface area contributed by atoms with Crippen molar-refractivity contribution in [1.82, 2.24) is 4.57 Å². The molecule has 2 aromatic rings. The second kappa shape index (κ2) is 4.32. The van der Waals surface area contributed by atoms with Crippen LogP contribution in [0.5, 0.6) is 5.75 Å². The summed E-state index contributed by atoms with van der Waals surface area (Å²) in [6, 6.07) is 1.05. The molecular weight excluding hydrogens is 289 g/mol. The number of carboxylic acid groups (broad SMARTS) is 1. The number of aromatic carboxylic acids is 1. The molecule has 0 spiro atoms. The van der Waals surface area contributed by atoms with Crippen molar-refractivity contribution in [3.05, 3.63) is 39.4 Å². The van der Waals surface area contributed by atoms with Gasteiger partial charge in [-0.15, -0.1) is 0 Å². The minimum Gasteiger partial charge on any atom is -0.489 e. The zero-order chi connectivity index (χ0) is 15.6. The molecule has 2 heterocycles. The Morgan fingerprint density at radius 2 is 2.18 bits per heavy atom. The molecule has 1 aromatic heterocycles. The van der Waals surface area contributed by atoms with Crippen LogP contribution in [0.1, 0.15) is 47.6 Å². The summed E-state index contributed by atoms with van der Waals surface area (Å²) in [6.45, 7) is 2.20. The molecule has 1 fully saturated rings. The van der Waals surface area contributed by atoms with E-state index in [1.807, 2.05) is 6.92 Å². The number of benzene rings is 1. The van der Waals surface area contributed by atoms with Gasteiger partial charge in [-0.05, 0) is 31.7 Å². The van der Waals surface area contributed by atoms with Crippen LogP contribution in [0, 0.1) is 5.82 Å². The number of aromatic nitrogens is 1. The molecule has 2 aliphatic rings. The van der Waals surface area contributed by atoms with Crippen LogP contribution in [0.15, 0.2) is 17.1 Å². The topological polar surface area (TPSA) is 68.5 Å². The molecule has 22 heavy (non-hydrogen) atoms. The average Bonchev–Trinajstić information content (AvgIpc) is 3.28. The number of pyridine rings is 1. The largest absolute Gasteiger partial charge is 0.489 e. The highest BCUT2D eigenvalue weighted by atomic mass is 19.1. The van der Waals surface area contributed by atoms with Gasteiger partial charge in [-0.2, -0.15) is 0 Å². The van der Waals surface area contributed by atoms with Crippen molar-refractivity contribution in [2.75, 3.05) is 6.61 Å². The summed E-state index contributed by atoms with van der Waals surface area (Å²) in [5.41, 5.74) is 0.0254. The molecule has 1 aliphatic heterocycles. The third-order valence-corrected chi connectivity index (χ3v) is 4.42. The van der Waals surface area contributed by atoms with Crippen LogP contribution in [0.3, 0.4) is 0 Å². The SMILES string of the molecule is CC1COc2c(C3CC3)c(F)cc3c(=O)c(C(=O)O)cn1c23. The van der Waals surface area contributed by atoms with Crippen molar-refractivity contribution >= 4 is 16.9 Å². The maximum atomic E-state index is 14.4. The quantitative estimate of drug-likeness (QED) is 0.926. The minimum absolute atomic E-state index is 0.0725. The molecule has 1 unspecified atom stereocenters. The number of carboxylic acids is 1. The lowest BCUT2D eigenvalue weighted by atomic mass is 10.0. The van der Waals surface area contributed by atoms with Gasteiger partial charge in [0.25, 0.3) is 0 Å². The van der Waals surface area contributed by atoms with Crippen LogP contribution in [-0.2, 0) is 0 Å². The molecule has 5 nitrogen and oxygen atoms in total. The zero-order valence-electron chi connectivity index (χ0n) is 11.9. The molecule has 0 saturated heterocycles. The number of nitrogens with zero attached hydrogens (tertiary/aromatic N) is 1. The second-order valence-corrected chi connectivity index (χ2v) is 6.02. The van der Waals surface area contributed by atoms with E-state index in [1.54, 1.807) is 4.57 Å². The number of hydrogen-bond donors (Lipinski definition) is 1. The fourth-order valence-electron chi connectivity index (χ4n) is 3.15. The lowest BCUT2D eigenvalue weighted by Gasteiger charge is -2.28. The van der Waals surface area contributed by atoms with E-state index < -0.39 is 17.2 Å². The summed E-state index contributed by atoms with van der Waals surface area (Å²) in [5, 5.41) is 9.28. The Kier molecular flexibility index (Phi) is 2.61. The first-order valence-corrected chi connectivity index (χ1v) is 7.26. The monoisotopic (exact) mass is 303 g/mol. The van der Waals surface area contributed by atoms with Crippen molar-refractivity contribution in [2.45, 2.75) is 31.7 Å². The van der Waals surface area contributed by atoms with Crippen molar-refractivity contribution in [1.29, 1.82) is 0 Å². The van der Waals surface area contributed by atoms with Gasteiger partial charge in [-0.1, -0.05) is 0 Å². The number of carbonyl (C=O) groups is 1. The molecular formula is C16H14FNO4. The third-order valence-electron chi connectivity index (χ3n) is 4.42. The Hall–Kier alpha value is -2.37. The van der Waals surface area contributed by atoms with E-state index in [9.17, 15) is 19.1 Å². The normalized spacial score (nSPS) is 20.0. The molecule has 114 valence electrons. The van der Waals surface area contributed by atoms with Crippen molar-refractivity contribution in [3.8, 4) is 5.75 Å². The third kappa shape index (κ3) is 1.70. The zero-order valence-corrected chi connectivity index (χ0v) is 11.9. The van der Waals surface area contributed by atoms with Gasteiger partial charge < -0.3 is 14.4 Å². The Balaban J connectivity index is 2.18. The highest BCUT2D eigenvalue weighted by Crippen LogP contribution is 2.49. The van der Waals surface area contributed by atoms with Crippen molar-refractivity contribution < 1.29 is 19.0 Å². The lowest BCUT2D eigenvalue weighted by Crippen LogP contribution is -2.27. The lowest BCUT2D eigenvalue weighted by molar-refractivity contribution is 0.0694. The molecule has 6 heteroatoms. The smallest absolute Gasteiger partial charge is 0.341 e. The Morgan fingerprint density at radius 1 is 1.45 bits per heavy atom. The van der Waals surface area contributed by atoms with Crippen molar-refractivity contribution in [3.63, 3.8) is 0 Å². The molecule has 1 atom stereocenters. The minimum atomic E-state index is -1.30. The fraction of sp³-hybridized carbons (Fsp3) is 0.375. The van der Waals surface area contributed by atoms with Crippen LogP contribution >= 0.6 is 0 Å². The predicted molar refractivity (Wildman–Crippen MR) is 77.3 cm³/mol. The predicted octanol–water partition coefficient (Wildman–Crippen LogP) is 2.67. The molecule has 0 bridgehead atoms. The first kappa shape index (κ1) is 13.3. The maximum absolute atomic E-state index is 14.4. The molecule has 0 amide bonds. The van der Waals surface area contributed by atoms with Gasteiger partial charge in [-0.3, -0.25) is 4.79 Å². The van der Waals surface area contributed by atoms with E-state index in [1.165, 1.54) is 12.3 Å². The highest BCUT2D eigenvalue weighted by Gasteiger charge is 2.35. The summed E-state index contributed by atoms with van der Waals surface area (Å²) < 4.78 is 21.9. The van der Waals surface area contributed by atoms with Gasteiger partial charge in [0.1, 0.15) is 23.7 Å². The van der Waals surface area contributed by atoms with Gasteiger partial charge in [0.2, 0.25) is 5.43 Å².